The number of carbonyl (C=O) groups is 1. The number of aromatic nitrogens is 1. The molecule has 1 aromatic heterocycles. The van der Waals surface area contributed by atoms with Crippen molar-refractivity contribution in [1.29, 1.82) is 0 Å². The lowest BCUT2D eigenvalue weighted by Gasteiger charge is -2.35. The van der Waals surface area contributed by atoms with E-state index in [2.05, 4.69) is 4.98 Å². The first-order valence-corrected chi connectivity index (χ1v) is 6.63. The summed E-state index contributed by atoms with van der Waals surface area (Å²) in [5.74, 6) is -0.0550. The maximum absolute atomic E-state index is 12.4. The Kier molecular flexibility index (Phi) is 4.55. The minimum atomic E-state index is -0.0550. The van der Waals surface area contributed by atoms with Crippen molar-refractivity contribution in [2.75, 3.05) is 13.2 Å². The molecule has 5 heteroatoms. The van der Waals surface area contributed by atoms with Gasteiger partial charge in [0.15, 0.2) is 0 Å². The van der Waals surface area contributed by atoms with Crippen LogP contribution in [0.4, 0.5) is 0 Å². The van der Waals surface area contributed by atoms with E-state index in [0.717, 1.165) is 25.8 Å². The van der Waals surface area contributed by atoms with Crippen LogP contribution < -0.4 is 0 Å². The molecule has 1 atom stereocenters. The number of aliphatic hydroxyl groups excluding tert-OH is 1. The predicted octanol–water partition coefficient (Wildman–Crippen LogP) is 2.11. The van der Waals surface area contributed by atoms with Crippen LogP contribution in [0.1, 0.15) is 36.0 Å². The minimum absolute atomic E-state index is 0.0550. The number of likely N-dealkylation sites (tertiary alicyclic amines) is 1. The smallest absolute Gasteiger partial charge is 0.255 e. The third-order valence-corrected chi connectivity index (χ3v) is 3.65. The maximum atomic E-state index is 12.4. The Morgan fingerprint density at radius 3 is 3.11 bits per heavy atom. The van der Waals surface area contributed by atoms with Crippen molar-refractivity contribution in [3.05, 3.63) is 29.0 Å². The number of hydrogen-bond acceptors (Lipinski definition) is 3. The number of amides is 1. The summed E-state index contributed by atoms with van der Waals surface area (Å²) in [7, 11) is 0. The molecule has 0 radical (unpaired) electrons. The van der Waals surface area contributed by atoms with Crippen molar-refractivity contribution in [3.8, 4) is 0 Å². The van der Waals surface area contributed by atoms with Gasteiger partial charge in [-0.25, -0.2) is 0 Å². The molecule has 0 spiro atoms. The van der Waals surface area contributed by atoms with Gasteiger partial charge in [-0.05, 0) is 31.7 Å². The van der Waals surface area contributed by atoms with Crippen LogP contribution in [-0.4, -0.2) is 40.1 Å². The number of pyridine rings is 1. The lowest BCUT2D eigenvalue weighted by Crippen LogP contribution is -2.44. The summed E-state index contributed by atoms with van der Waals surface area (Å²) in [6.45, 7) is 0.848. The average Bonchev–Trinajstić information content (AvgIpc) is 2.40. The van der Waals surface area contributed by atoms with Crippen LogP contribution in [0.5, 0.6) is 0 Å². The van der Waals surface area contributed by atoms with Crippen molar-refractivity contribution < 1.29 is 9.90 Å². The molecule has 0 aromatic carbocycles. The quantitative estimate of drug-likeness (QED) is 0.914. The third-order valence-electron chi connectivity index (χ3n) is 3.35. The second-order valence-corrected chi connectivity index (χ2v) is 4.92. The van der Waals surface area contributed by atoms with Crippen molar-refractivity contribution in [2.24, 2.45) is 0 Å². The number of piperidine rings is 1. The number of nitrogens with zero attached hydrogens (tertiary/aromatic N) is 2. The Labute approximate surface area is 112 Å². The summed E-state index contributed by atoms with van der Waals surface area (Å²) in [6.07, 6.45) is 6.77. The zero-order valence-corrected chi connectivity index (χ0v) is 10.9. The molecule has 1 aliphatic heterocycles. The van der Waals surface area contributed by atoms with E-state index in [1.807, 2.05) is 4.90 Å². The summed E-state index contributed by atoms with van der Waals surface area (Å²) in [4.78, 5) is 18.2. The molecule has 1 N–H and O–H groups in total. The van der Waals surface area contributed by atoms with Gasteiger partial charge in [-0.2, -0.15) is 0 Å². The largest absolute Gasteiger partial charge is 0.396 e. The van der Waals surface area contributed by atoms with Crippen LogP contribution >= 0.6 is 11.6 Å². The van der Waals surface area contributed by atoms with Gasteiger partial charge in [0, 0.05) is 31.6 Å². The first-order valence-electron chi connectivity index (χ1n) is 6.25. The van der Waals surface area contributed by atoms with Crippen molar-refractivity contribution in [3.63, 3.8) is 0 Å². The molecule has 1 unspecified atom stereocenters. The third kappa shape index (κ3) is 2.82. The van der Waals surface area contributed by atoms with Crippen LogP contribution in [0, 0.1) is 0 Å². The van der Waals surface area contributed by atoms with E-state index in [1.54, 1.807) is 12.3 Å². The highest BCUT2D eigenvalue weighted by molar-refractivity contribution is 6.33. The van der Waals surface area contributed by atoms with Crippen LogP contribution in [0.25, 0.3) is 0 Å². The van der Waals surface area contributed by atoms with E-state index < -0.39 is 0 Å². The fourth-order valence-corrected chi connectivity index (χ4v) is 2.62. The minimum Gasteiger partial charge on any atom is -0.396 e. The van der Waals surface area contributed by atoms with Gasteiger partial charge in [0.1, 0.15) is 0 Å². The zero-order valence-electron chi connectivity index (χ0n) is 10.2. The topological polar surface area (TPSA) is 53.4 Å². The van der Waals surface area contributed by atoms with E-state index in [9.17, 15) is 4.79 Å². The molecule has 0 bridgehead atoms. The number of aliphatic hydroxyl groups is 1. The van der Waals surface area contributed by atoms with Gasteiger partial charge in [-0.3, -0.25) is 9.78 Å². The van der Waals surface area contributed by atoms with Crippen molar-refractivity contribution >= 4 is 17.5 Å². The summed E-state index contributed by atoms with van der Waals surface area (Å²) >= 11 is 6.00. The van der Waals surface area contributed by atoms with Gasteiger partial charge in [0.25, 0.3) is 5.91 Å². The Balaban J connectivity index is 2.18. The second kappa shape index (κ2) is 6.16. The van der Waals surface area contributed by atoms with Crippen LogP contribution in [0.3, 0.4) is 0 Å². The second-order valence-electron chi connectivity index (χ2n) is 4.52. The van der Waals surface area contributed by atoms with Gasteiger partial charge in [0.05, 0.1) is 10.6 Å². The highest BCUT2D eigenvalue weighted by Gasteiger charge is 2.27. The highest BCUT2D eigenvalue weighted by atomic mass is 35.5. The van der Waals surface area contributed by atoms with Crippen molar-refractivity contribution in [1.82, 2.24) is 9.88 Å². The highest BCUT2D eigenvalue weighted by Crippen LogP contribution is 2.24. The van der Waals surface area contributed by atoms with E-state index in [0.29, 0.717) is 17.0 Å². The van der Waals surface area contributed by atoms with E-state index >= 15 is 0 Å². The average molecular weight is 269 g/mol. The molecular formula is C13H17ClN2O2. The Morgan fingerprint density at radius 2 is 2.39 bits per heavy atom. The van der Waals surface area contributed by atoms with Gasteiger partial charge in [-0.15, -0.1) is 0 Å². The van der Waals surface area contributed by atoms with Gasteiger partial charge >= 0.3 is 0 Å². The number of carbonyl (C=O) groups excluding carboxylic acids is 1. The Morgan fingerprint density at radius 1 is 1.56 bits per heavy atom. The fourth-order valence-electron chi connectivity index (χ4n) is 2.42. The molecule has 4 nitrogen and oxygen atoms in total. The number of halogens is 1. The lowest BCUT2D eigenvalue weighted by molar-refractivity contribution is 0.0574. The molecule has 1 aliphatic rings. The summed E-state index contributed by atoms with van der Waals surface area (Å²) < 4.78 is 0. The molecule has 1 aromatic rings. The Hall–Kier alpha value is -1.13. The molecule has 18 heavy (non-hydrogen) atoms. The first-order chi connectivity index (χ1) is 8.74. The molecule has 98 valence electrons. The van der Waals surface area contributed by atoms with Crippen molar-refractivity contribution in [2.45, 2.75) is 31.7 Å². The summed E-state index contributed by atoms with van der Waals surface area (Å²) in [5.41, 5.74) is 0.497. The number of rotatable bonds is 3. The Bertz CT molecular complexity index is 423. The predicted molar refractivity (Wildman–Crippen MR) is 69.6 cm³/mol. The number of hydrogen-bond donors (Lipinski definition) is 1. The molecule has 1 amide bonds. The molecule has 2 heterocycles. The zero-order chi connectivity index (χ0) is 13.0. The van der Waals surface area contributed by atoms with E-state index in [-0.39, 0.29) is 18.6 Å². The lowest BCUT2D eigenvalue weighted by atomic mass is 9.98. The standard InChI is InChI=1S/C13H17ClN2O2/c14-12-9-15-6-4-11(12)13(18)16-7-2-1-3-10(16)5-8-17/h4,6,9-10,17H,1-3,5,7-8H2. The summed E-state index contributed by atoms with van der Waals surface area (Å²) in [6, 6.07) is 1.77. The van der Waals surface area contributed by atoms with Crippen LogP contribution in [0.2, 0.25) is 5.02 Å². The monoisotopic (exact) mass is 268 g/mol. The van der Waals surface area contributed by atoms with Crippen LogP contribution in [-0.2, 0) is 0 Å². The van der Waals surface area contributed by atoms with Gasteiger partial charge < -0.3 is 10.0 Å². The van der Waals surface area contributed by atoms with Gasteiger partial charge in [-0.1, -0.05) is 11.6 Å². The maximum Gasteiger partial charge on any atom is 0.255 e. The van der Waals surface area contributed by atoms with Gasteiger partial charge in [0.2, 0.25) is 0 Å². The molecular weight excluding hydrogens is 252 g/mol. The summed E-state index contributed by atoms with van der Waals surface area (Å²) in [5, 5.41) is 9.45. The fraction of sp³-hybridized carbons (Fsp3) is 0.538. The van der Waals surface area contributed by atoms with Crippen LogP contribution in [0.15, 0.2) is 18.5 Å². The molecule has 2 rings (SSSR count). The molecule has 0 saturated carbocycles. The molecule has 1 fully saturated rings. The van der Waals surface area contributed by atoms with E-state index in [4.69, 9.17) is 16.7 Å². The first kappa shape index (κ1) is 13.3. The molecule has 0 aliphatic carbocycles. The van der Waals surface area contributed by atoms with E-state index in [1.165, 1.54) is 6.20 Å². The SMILES string of the molecule is O=C(c1ccncc1Cl)N1CCCCC1CCO. The molecule has 1 saturated heterocycles. The normalized spacial score (nSPS) is 19.9.